The average molecular weight is 445 g/mol. The molecule has 1 heterocycles. The lowest BCUT2D eigenvalue weighted by atomic mass is 10.0. The molecule has 0 aliphatic carbocycles. The molecule has 0 bridgehead atoms. The Morgan fingerprint density at radius 1 is 1.12 bits per heavy atom. The number of fused-ring (bicyclic) bond motifs is 1. The summed E-state index contributed by atoms with van der Waals surface area (Å²) in [6, 6.07) is 20.5. The number of nitro benzene ring substituents is 1. The number of hydrogen-bond acceptors (Lipinski definition) is 6. The van der Waals surface area contributed by atoms with Gasteiger partial charge in [-0.15, -0.1) is 0 Å². The van der Waals surface area contributed by atoms with Crippen molar-refractivity contribution in [3.8, 4) is 11.4 Å². The summed E-state index contributed by atoms with van der Waals surface area (Å²) in [5.74, 6) is 0.122. The summed E-state index contributed by atoms with van der Waals surface area (Å²) in [5, 5.41) is 24.4. The highest BCUT2D eigenvalue weighted by Gasteiger charge is 2.22. The van der Waals surface area contributed by atoms with Gasteiger partial charge in [0, 0.05) is 23.4 Å². The second-order valence-corrected chi connectivity index (χ2v) is 7.91. The Bertz CT molecular complexity index is 1300. The van der Waals surface area contributed by atoms with Crippen molar-refractivity contribution in [2.24, 2.45) is 0 Å². The molecular weight excluding hydrogens is 422 g/mol. The molecule has 2 N–H and O–H groups in total. The van der Waals surface area contributed by atoms with Crippen LogP contribution in [0, 0.1) is 10.1 Å². The molecular formula is C24H23N5O4. The van der Waals surface area contributed by atoms with Crippen molar-refractivity contribution >= 4 is 28.3 Å². The summed E-state index contributed by atoms with van der Waals surface area (Å²) < 4.78 is 0.831. The van der Waals surface area contributed by atoms with Crippen LogP contribution < -0.4 is 5.32 Å². The van der Waals surface area contributed by atoms with E-state index in [0.717, 1.165) is 10.3 Å². The number of non-ortho nitro benzene ring substituents is 1. The first-order valence-electron chi connectivity index (χ1n) is 10.3. The first-order chi connectivity index (χ1) is 15.8. The molecule has 0 spiro atoms. The summed E-state index contributed by atoms with van der Waals surface area (Å²) in [6.07, 6.45) is 0.582. The molecule has 0 aliphatic rings. The second-order valence-electron chi connectivity index (χ2n) is 7.91. The standard InChI is InChI=1S/C24H23N5O4/c1-27(2)22(14-16-6-4-3-5-7-16)24(30)25-18-10-8-17(9-11-18)23-26-20-13-12-19(29(32)33)15-21(20)28(23)31/h3-13,15,22,31H,14H2,1-2H3,(H,25,30). The molecule has 3 aromatic carbocycles. The summed E-state index contributed by atoms with van der Waals surface area (Å²) in [7, 11) is 3.73. The Labute approximate surface area is 190 Å². The number of nitro groups is 1. The van der Waals surface area contributed by atoms with E-state index >= 15 is 0 Å². The minimum atomic E-state index is -0.525. The SMILES string of the molecule is CN(C)C(Cc1ccccc1)C(=O)Nc1ccc(-c2nc3ccc([N+](=O)[O-])cc3n2O)cc1. The predicted molar refractivity (Wildman–Crippen MR) is 125 cm³/mol. The lowest BCUT2D eigenvalue weighted by Gasteiger charge is -2.23. The molecule has 1 unspecified atom stereocenters. The van der Waals surface area contributed by atoms with E-state index < -0.39 is 4.92 Å². The predicted octanol–water partition coefficient (Wildman–Crippen LogP) is 3.96. The maximum atomic E-state index is 12.9. The number of anilines is 1. The number of benzene rings is 3. The molecule has 0 aliphatic heterocycles. The quantitative estimate of drug-likeness (QED) is 0.253. The summed E-state index contributed by atoms with van der Waals surface area (Å²) in [4.78, 5) is 29.6. The van der Waals surface area contributed by atoms with Crippen LogP contribution in [0.15, 0.2) is 72.8 Å². The van der Waals surface area contributed by atoms with E-state index in [2.05, 4.69) is 10.3 Å². The van der Waals surface area contributed by atoms with Gasteiger partial charge in [-0.2, -0.15) is 4.73 Å². The van der Waals surface area contributed by atoms with E-state index in [4.69, 9.17) is 0 Å². The fourth-order valence-electron chi connectivity index (χ4n) is 3.63. The molecule has 1 amide bonds. The van der Waals surface area contributed by atoms with Crippen molar-refractivity contribution in [3.63, 3.8) is 0 Å². The molecule has 0 saturated heterocycles. The molecule has 9 nitrogen and oxygen atoms in total. The molecule has 9 heteroatoms. The number of nitrogens with one attached hydrogen (secondary N) is 1. The van der Waals surface area contributed by atoms with Crippen LogP contribution in [0.25, 0.3) is 22.4 Å². The van der Waals surface area contributed by atoms with Crippen LogP contribution in [0.2, 0.25) is 0 Å². The zero-order valence-electron chi connectivity index (χ0n) is 18.2. The van der Waals surface area contributed by atoms with Gasteiger partial charge in [-0.1, -0.05) is 30.3 Å². The third-order valence-electron chi connectivity index (χ3n) is 5.43. The minimum Gasteiger partial charge on any atom is -0.426 e. The van der Waals surface area contributed by atoms with E-state index in [1.54, 1.807) is 24.3 Å². The topological polar surface area (TPSA) is 114 Å². The van der Waals surface area contributed by atoms with Gasteiger partial charge in [-0.05, 0) is 56.4 Å². The van der Waals surface area contributed by atoms with Crippen LogP contribution >= 0.6 is 0 Å². The molecule has 4 rings (SSSR count). The third kappa shape index (κ3) is 4.68. The van der Waals surface area contributed by atoms with Crippen LogP contribution in [0.4, 0.5) is 11.4 Å². The van der Waals surface area contributed by atoms with Crippen LogP contribution in [0.5, 0.6) is 0 Å². The first kappa shape index (κ1) is 22.0. The smallest absolute Gasteiger partial charge is 0.271 e. The second kappa shape index (κ2) is 9.09. The van der Waals surface area contributed by atoms with Gasteiger partial charge in [-0.3, -0.25) is 19.8 Å². The highest BCUT2D eigenvalue weighted by atomic mass is 16.6. The van der Waals surface area contributed by atoms with Crippen molar-refractivity contribution in [1.29, 1.82) is 0 Å². The molecule has 0 fully saturated rings. The molecule has 4 aromatic rings. The van der Waals surface area contributed by atoms with E-state index in [0.29, 0.717) is 23.2 Å². The highest BCUT2D eigenvalue weighted by molar-refractivity contribution is 5.95. The largest absolute Gasteiger partial charge is 0.426 e. The van der Waals surface area contributed by atoms with E-state index in [9.17, 15) is 20.1 Å². The van der Waals surface area contributed by atoms with E-state index in [-0.39, 0.29) is 29.0 Å². The zero-order chi connectivity index (χ0) is 23.5. The summed E-state index contributed by atoms with van der Waals surface area (Å²) in [6.45, 7) is 0. The number of carbonyl (C=O) groups is 1. The van der Waals surface area contributed by atoms with Crippen molar-refractivity contribution in [1.82, 2.24) is 14.6 Å². The Balaban J connectivity index is 1.53. The van der Waals surface area contributed by atoms with Crippen molar-refractivity contribution < 1.29 is 14.9 Å². The first-order valence-corrected chi connectivity index (χ1v) is 10.3. The third-order valence-corrected chi connectivity index (χ3v) is 5.43. The molecule has 0 saturated carbocycles. The van der Waals surface area contributed by atoms with Gasteiger partial charge in [-0.25, -0.2) is 4.98 Å². The molecule has 1 aromatic heterocycles. The maximum absolute atomic E-state index is 12.9. The lowest BCUT2D eigenvalue weighted by Crippen LogP contribution is -2.41. The van der Waals surface area contributed by atoms with Gasteiger partial charge < -0.3 is 10.5 Å². The molecule has 168 valence electrons. The zero-order valence-corrected chi connectivity index (χ0v) is 18.2. The van der Waals surface area contributed by atoms with E-state index in [1.165, 1.54) is 18.2 Å². The fourth-order valence-corrected chi connectivity index (χ4v) is 3.63. The Morgan fingerprint density at radius 3 is 2.45 bits per heavy atom. The minimum absolute atomic E-state index is 0.127. The summed E-state index contributed by atoms with van der Waals surface area (Å²) >= 11 is 0. The van der Waals surface area contributed by atoms with Crippen molar-refractivity contribution in [2.45, 2.75) is 12.5 Å². The Morgan fingerprint density at radius 2 is 1.82 bits per heavy atom. The highest BCUT2D eigenvalue weighted by Crippen LogP contribution is 2.27. The number of nitrogens with zero attached hydrogens (tertiary/aromatic N) is 4. The Kier molecular flexibility index (Phi) is 6.05. The van der Waals surface area contributed by atoms with Gasteiger partial charge in [0.25, 0.3) is 5.69 Å². The van der Waals surface area contributed by atoms with Crippen LogP contribution in [0.1, 0.15) is 5.56 Å². The fraction of sp³-hybridized carbons (Fsp3) is 0.167. The van der Waals surface area contributed by atoms with E-state index in [1.807, 2.05) is 49.3 Å². The van der Waals surface area contributed by atoms with Crippen LogP contribution in [-0.4, -0.2) is 50.8 Å². The number of likely N-dealkylation sites (N-methyl/N-ethyl adjacent to an activating group) is 1. The van der Waals surface area contributed by atoms with Crippen LogP contribution in [-0.2, 0) is 11.2 Å². The Hall–Kier alpha value is -4.24. The number of carbonyl (C=O) groups excluding carboxylic acids is 1. The van der Waals surface area contributed by atoms with Gasteiger partial charge in [0.05, 0.1) is 16.5 Å². The monoisotopic (exact) mass is 445 g/mol. The summed E-state index contributed by atoms with van der Waals surface area (Å²) in [5.41, 5.74) is 2.83. The number of amides is 1. The lowest BCUT2D eigenvalue weighted by molar-refractivity contribution is -0.384. The maximum Gasteiger partial charge on any atom is 0.271 e. The van der Waals surface area contributed by atoms with Gasteiger partial charge in [0.15, 0.2) is 5.82 Å². The normalized spacial score (nSPS) is 12.1. The molecule has 1 atom stereocenters. The van der Waals surface area contributed by atoms with Gasteiger partial charge >= 0.3 is 0 Å². The van der Waals surface area contributed by atoms with Crippen LogP contribution in [0.3, 0.4) is 0 Å². The van der Waals surface area contributed by atoms with Gasteiger partial charge in [0.1, 0.15) is 5.52 Å². The number of rotatable bonds is 7. The van der Waals surface area contributed by atoms with Crippen molar-refractivity contribution in [3.05, 3.63) is 88.5 Å². The molecule has 33 heavy (non-hydrogen) atoms. The van der Waals surface area contributed by atoms with Gasteiger partial charge in [0.2, 0.25) is 5.91 Å². The number of hydrogen-bond donors (Lipinski definition) is 2. The van der Waals surface area contributed by atoms with Crippen molar-refractivity contribution in [2.75, 3.05) is 19.4 Å². The number of imidazole rings is 1. The molecule has 0 radical (unpaired) electrons. The average Bonchev–Trinajstić information content (AvgIpc) is 3.14. The number of aromatic nitrogens is 2.